The Morgan fingerprint density at radius 2 is 0.881 bits per heavy atom. The molecule has 0 amide bonds. The number of para-hydroxylation sites is 7. The Kier molecular flexibility index (Phi) is 9.60. The molecule has 0 saturated heterocycles. The van der Waals surface area contributed by atoms with Gasteiger partial charge in [-0.1, -0.05) is 195 Å². The van der Waals surface area contributed by atoms with Crippen LogP contribution in [0.1, 0.15) is 43.6 Å². The molecule has 1 aliphatic rings. The van der Waals surface area contributed by atoms with Crippen molar-refractivity contribution >= 4 is 71.6 Å². The van der Waals surface area contributed by atoms with Crippen molar-refractivity contribution in [1.29, 1.82) is 0 Å². The summed E-state index contributed by atoms with van der Waals surface area (Å²) in [5.74, 6) is 0.547. The van der Waals surface area contributed by atoms with Crippen molar-refractivity contribution in [2.45, 2.75) is 38.0 Å². The van der Waals surface area contributed by atoms with E-state index >= 15 is 0 Å². The van der Waals surface area contributed by atoms with Crippen LogP contribution in [0.4, 0.5) is 17.1 Å². The smallest absolute Gasteiger partial charge is 0.136 e. The maximum absolute atomic E-state index is 6.54. The molecule has 320 valence electrons. The second-order valence-corrected chi connectivity index (χ2v) is 18.1. The van der Waals surface area contributed by atoms with Gasteiger partial charge in [-0.05, 0) is 94.8 Å². The highest BCUT2D eigenvalue weighted by molar-refractivity contribution is 6.17. The van der Waals surface area contributed by atoms with Gasteiger partial charge < -0.3 is 13.9 Å². The predicted octanol–water partition coefficient (Wildman–Crippen LogP) is 18.4. The molecule has 2 heterocycles. The van der Waals surface area contributed by atoms with Gasteiger partial charge in [0.1, 0.15) is 11.2 Å². The van der Waals surface area contributed by atoms with Crippen LogP contribution >= 0.6 is 0 Å². The van der Waals surface area contributed by atoms with Crippen LogP contribution in [0.2, 0.25) is 0 Å². The Balaban J connectivity index is 1.12. The predicted molar refractivity (Wildman–Crippen MR) is 282 cm³/mol. The van der Waals surface area contributed by atoms with Gasteiger partial charge in [0.2, 0.25) is 0 Å². The SMILES string of the molecule is c1ccc(-n2c3ccccc3c3cccc(-c4ccccc4N(c4ccccc4-c4cccc5cccc(C6CCCCC6)c45)c4ccccc4-c4cccc5oc6ccccc6c45)c32)cc1. The fraction of sp³-hybridized carbons (Fsp3) is 0.0938. The van der Waals surface area contributed by atoms with Gasteiger partial charge in [-0.15, -0.1) is 0 Å². The Morgan fingerprint density at radius 3 is 1.61 bits per heavy atom. The highest BCUT2D eigenvalue weighted by Crippen LogP contribution is 2.52. The summed E-state index contributed by atoms with van der Waals surface area (Å²) in [5.41, 5.74) is 17.1. The highest BCUT2D eigenvalue weighted by Gasteiger charge is 2.27. The van der Waals surface area contributed by atoms with Crippen LogP contribution in [0.25, 0.3) is 93.6 Å². The van der Waals surface area contributed by atoms with E-state index in [0.717, 1.165) is 61.4 Å². The summed E-state index contributed by atoms with van der Waals surface area (Å²) >= 11 is 0. The fourth-order valence-corrected chi connectivity index (χ4v) is 11.5. The summed E-state index contributed by atoms with van der Waals surface area (Å²) in [6.07, 6.45) is 6.38. The molecule has 1 aliphatic carbocycles. The first-order chi connectivity index (χ1) is 33.3. The molecular weight excluding hydrogens is 813 g/mol. The summed E-state index contributed by atoms with van der Waals surface area (Å²) in [4.78, 5) is 2.55. The lowest BCUT2D eigenvalue weighted by molar-refractivity contribution is 0.445. The van der Waals surface area contributed by atoms with Crippen LogP contribution in [0.5, 0.6) is 0 Å². The van der Waals surface area contributed by atoms with Crippen molar-refractivity contribution in [2.24, 2.45) is 0 Å². The van der Waals surface area contributed by atoms with E-state index in [-0.39, 0.29) is 0 Å². The fourth-order valence-electron chi connectivity index (χ4n) is 11.5. The molecule has 1 fully saturated rings. The summed E-state index contributed by atoms with van der Waals surface area (Å²) in [6, 6.07) is 82.4. The van der Waals surface area contributed by atoms with Crippen LogP contribution in [-0.4, -0.2) is 4.57 Å². The number of nitrogens with zero attached hydrogens (tertiary/aromatic N) is 2. The van der Waals surface area contributed by atoms with Gasteiger partial charge in [-0.3, -0.25) is 0 Å². The van der Waals surface area contributed by atoms with E-state index in [1.165, 1.54) is 86.9 Å². The van der Waals surface area contributed by atoms with E-state index in [2.05, 4.69) is 234 Å². The zero-order valence-corrected chi connectivity index (χ0v) is 37.3. The average Bonchev–Trinajstić information content (AvgIpc) is 3.96. The number of rotatable bonds is 8. The van der Waals surface area contributed by atoms with Gasteiger partial charge in [-0.2, -0.15) is 0 Å². The van der Waals surface area contributed by atoms with Crippen molar-refractivity contribution in [1.82, 2.24) is 4.57 Å². The van der Waals surface area contributed by atoms with Gasteiger partial charge >= 0.3 is 0 Å². The van der Waals surface area contributed by atoms with Crippen LogP contribution in [0.15, 0.2) is 229 Å². The average molecular weight is 861 g/mol. The molecule has 3 nitrogen and oxygen atoms in total. The minimum Gasteiger partial charge on any atom is -0.456 e. The molecule has 10 aromatic carbocycles. The third kappa shape index (κ3) is 6.48. The molecule has 0 N–H and O–H groups in total. The lowest BCUT2D eigenvalue weighted by atomic mass is 9.80. The van der Waals surface area contributed by atoms with Crippen LogP contribution in [0.3, 0.4) is 0 Å². The number of hydrogen-bond donors (Lipinski definition) is 0. The molecule has 0 spiro atoms. The van der Waals surface area contributed by atoms with Gasteiger partial charge in [0.25, 0.3) is 0 Å². The van der Waals surface area contributed by atoms with Gasteiger partial charge in [0, 0.05) is 49.5 Å². The van der Waals surface area contributed by atoms with E-state index in [1.807, 2.05) is 0 Å². The zero-order valence-electron chi connectivity index (χ0n) is 37.3. The second kappa shape index (κ2) is 16.4. The minimum atomic E-state index is 0.547. The van der Waals surface area contributed by atoms with Gasteiger partial charge in [0.15, 0.2) is 0 Å². The highest BCUT2D eigenvalue weighted by atomic mass is 16.3. The molecule has 0 aliphatic heterocycles. The molecule has 67 heavy (non-hydrogen) atoms. The Bertz CT molecular complexity index is 3810. The quantitative estimate of drug-likeness (QED) is 0.152. The first kappa shape index (κ1) is 39.2. The number of furan rings is 1. The van der Waals surface area contributed by atoms with E-state index in [0.29, 0.717) is 5.92 Å². The molecule has 2 aromatic heterocycles. The number of hydrogen-bond acceptors (Lipinski definition) is 2. The summed E-state index contributed by atoms with van der Waals surface area (Å²) in [6.45, 7) is 0. The summed E-state index contributed by atoms with van der Waals surface area (Å²) in [5, 5.41) is 7.36. The first-order valence-electron chi connectivity index (χ1n) is 23.9. The van der Waals surface area contributed by atoms with E-state index < -0.39 is 0 Å². The lowest BCUT2D eigenvalue weighted by Crippen LogP contribution is -2.14. The van der Waals surface area contributed by atoms with E-state index in [4.69, 9.17) is 4.42 Å². The van der Waals surface area contributed by atoms with E-state index in [1.54, 1.807) is 0 Å². The molecular formula is C64H48N2O. The Hall–Kier alpha value is -8.14. The van der Waals surface area contributed by atoms with Crippen molar-refractivity contribution in [3.8, 4) is 39.1 Å². The normalized spacial score (nSPS) is 13.3. The standard InChI is InChI=1S/C64H48N2O/c1-3-21-43(22-4-1)46-32-17-23-44-24-18-33-51(62(44)46)47-27-7-13-38-57(47)66(58-39-14-8-28-48(58)52-34-20-42-61-63(52)55-31-11-16-41-60(55)67-61)59-40-15-10-30-50(59)54-36-19-35-53-49-29-9-12-37-56(49)65(64(53)54)45-25-5-2-6-26-45/h2,5-20,23-43H,1,3-4,21-22H2. The molecule has 3 heteroatoms. The molecule has 1 saturated carbocycles. The first-order valence-corrected chi connectivity index (χ1v) is 23.9. The maximum atomic E-state index is 6.54. The number of aromatic nitrogens is 1. The zero-order chi connectivity index (χ0) is 44.3. The Labute approximate surface area is 390 Å². The monoisotopic (exact) mass is 860 g/mol. The molecule has 0 unspecified atom stereocenters. The molecule has 13 rings (SSSR count). The van der Waals surface area contributed by atoms with Crippen LogP contribution in [0, 0.1) is 0 Å². The lowest BCUT2D eigenvalue weighted by Gasteiger charge is -2.32. The Morgan fingerprint density at radius 1 is 0.373 bits per heavy atom. The van der Waals surface area contributed by atoms with Gasteiger partial charge in [0.05, 0.1) is 28.1 Å². The third-order valence-corrected chi connectivity index (χ3v) is 14.4. The van der Waals surface area contributed by atoms with Crippen molar-refractivity contribution in [3.63, 3.8) is 0 Å². The van der Waals surface area contributed by atoms with E-state index in [9.17, 15) is 0 Å². The number of anilines is 3. The molecule has 0 radical (unpaired) electrons. The maximum Gasteiger partial charge on any atom is 0.136 e. The number of benzene rings is 10. The van der Waals surface area contributed by atoms with Crippen LogP contribution < -0.4 is 4.90 Å². The van der Waals surface area contributed by atoms with Crippen LogP contribution in [-0.2, 0) is 0 Å². The summed E-state index contributed by atoms with van der Waals surface area (Å²) in [7, 11) is 0. The van der Waals surface area contributed by atoms with Crippen molar-refractivity contribution in [2.75, 3.05) is 4.90 Å². The molecule has 0 bridgehead atoms. The third-order valence-electron chi connectivity index (χ3n) is 14.4. The van der Waals surface area contributed by atoms with Crippen molar-refractivity contribution < 1.29 is 4.42 Å². The molecule has 12 aromatic rings. The molecule has 0 atom stereocenters. The van der Waals surface area contributed by atoms with Crippen molar-refractivity contribution in [3.05, 3.63) is 230 Å². The number of fused-ring (bicyclic) bond motifs is 7. The van der Waals surface area contributed by atoms with Gasteiger partial charge in [-0.25, -0.2) is 0 Å². The summed E-state index contributed by atoms with van der Waals surface area (Å²) < 4.78 is 8.99. The minimum absolute atomic E-state index is 0.547. The largest absolute Gasteiger partial charge is 0.456 e. The second-order valence-electron chi connectivity index (χ2n) is 18.1. The topological polar surface area (TPSA) is 21.3 Å².